The van der Waals surface area contributed by atoms with Crippen LogP contribution in [-0.4, -0.2) is 23.0 Å². The Morgan fingerprint density at radius 3 is 2.39 bits per heavy atom. The molecule has 1 amide bonds. The van der Waals surface area contributed by atoms with Crippen LogP contribution in [0.4, 0.5) is 0 Å². The number of hydrogen-bond acceptors (Lipinski definition) is 2. The smallest absolute Gasteiger partial charge is 0.326 e. The summed E-state index contributed by atoms with van der Waals surface area (Å²) < 4.78 is 0. The van der Waals surface area contributed by atoms with Gasteiger partial charge in [-0.25, -0.2) is 4.79 Å². The molecule has 2 N–H and O–H groups in total. The van der Waals surface area contributed by atoms with E-state index in [1.54, 1.807) is 0 Å². The Kier molecular flexibility index (Phi) is 5.63. The highest BCUT2D eigenvalue weighted by molar-refractivity contribution is 5.85. The van der Waals surface area contributed by atoms with Crippen molar-refractivity contribution >= 4 is 11.9 Å². The maximum absolute atomic E-state index is 12.1. The Morgan fingerprint density at radius 2 is 1.89 bits per heavy atom. The molecule has 1 saturated carbocycles. The van der Waals surface area contributed by atoms with Crippen LogP contribution in [0.25, 0.3) is 0 Å². The molecule has 4 nitrogen and oxygen atoms in total. The van der Waals surface area contributed by atoms with Crippen molar-refractivity contribution in [3.05, 3.63) is 0 Å². The second-order valence-electron chi connectivity index (χ2n) is 5.90. The highest BCUT2D eigenvalue weighted by Crippen LogP contribution is 2.29. The van der Waals surface area contributed by atoms with E-state index in [1.807, 2.05) is 13.8 Å². The molecule has 0 bridgehead atoms. The standard InChI is InChI=1S/C14H25NO3/c1-9(2)8-12(14(17)18)15-13(16)11-7-5-4-6-10(11)3/h9-12H,4-8H2,1-3H3,(H,15,16)(H,17,18)/t10-,11+,12+/m1/s1. The van der Waals surface area contributed by atoms with Gasteiger partial charge in [-0.15, -0.1) is 0 Å². The van der Waals surface area contributed by atoms with E-state index in [-0.39, 0.29) is 17.7 Å². The Hall–Kier alpha value is -1.06. The average molecular weight is 255 g/mol. The first kappa shape index (κ1) is 15.0. The van der Waals surface area contributed by atoms with Crippen LogP contribution in [0, 0.1) is 17.8 Å². The predicted octanol–water partition coefficient (Wildman–Crippen LogP) is 2.43. The summed E-state index contributed by atoms with van der Waals surface area (Å²) in [5, 5.41) is 11.8. The van der Waals surface area contributed by atoms with Crippen LogP contribution in [0.5, 0.6) is 0 Å². The Morgan fingerprint density at radius 1 is 1.28 bits per heavy atom. The number of nitrogens with one attached hydrogen (secondary N) is 1. The van der Waals surface area contributed by atoms with E-state index in [2.05, 4.69) is 12.2 Å². The highest BCUT2D eigenvalue weighted by atomic mass is 16.4. The van der Waals surface area contributed by atoms with E-state index in [0.717, 1.165) is 19.3 Å². The number of aliphatic carboxylic acids is 1. The number of amides is 1. The van der Waals surface area contributed by atoms with Crippen molar-refractivity contribution in [1.29, 1.82) is 0 Å². The van der Waals surface area contributed by atoms with E-state index in [9.17, 15) is 9.59 Å². The number of hydrogen-bond donors (Lipinski definition) is 2. The van der Waals surface area contributed by atoms with Crippen LogP contribution in [0.15, 0.2) is 0 Å². The molecule has 1 aliphatic rings. The third-order valence-corrected chi connectivity index (χ3v) is 3.77. The van der Waals surface area contributed by atoms with Crippen molar-refractivity contribution < 1.29 is 14.7 Å². The molecule has 1 rings (SSSR count). The van der Waals surface area contributed by atoms with Gasteiger partial charge >= 0.3 is 5.97 Å². The zero-order valence-corrected chi connectivity index (χ0v) is 11.6. The minimum absolute atomic E-state index is 0.00670. The molecule has 0 aromatic heterocycles. The molecule has 0 unspecified atom stereocenters. The van der Waals surface area contributed by atoms with E-state index >= 15 is 0 Å². The number of carboxylic acids is 1. The summed E-state index contributed by atoms with van der Waals surface area (Å²) in [5.41, 5.74) is 0. The van der Waals surface area contributed by atoms with E-state index in [1.165, 1.54) is 6.42 Å². The van der Waals surface area contributed by atoms with Crippen molar-refractivity contribution in [1.82, 2.24) is 5.32 Å². The predicted molar refractivity (Wildman–Crippen MR) is 70.1 cm³/mol. The lowest BCUT2D eigenvalue weighted by atomic mass is 9.80. The Balaban J connectivity index is 2.57. The Labute approximate surface area is 109 Å². The number of carbonyl (C=O) groups is 2. The van der Waals surface area contributed by atoms with Crippen molar-refractivity contribution in [3.8, 4) is 0 Å². The summed E-state index contributed by atoms with van der Waals surface area (Å²) in [4.78, 5) is 23.3. The normalized spacial score (nSPS) is 25.8. The summed E-state index contributed by atoms with van der Waals surface area (Å²) in [6.07, 6.45) is 4.70. The Bertz CT molecular complexity index is 301. The van der Waals surface area contributed by atoms with Crippen LogP contribution in [-0.2, 0) is 9.59 Å². The molecule has 0 saturated heterocycles. The van der Waals surface area contributed by atoms with Crippen LogP contribution < -0.4 is 5.32 Å². The molecular formula is C14H25NO3. The van der Waals surface area contributed by atoms with Crippen molar-refractivity contribution in [2.24, 2.45) is 17.8 Å². The van der Waals surface area contributed by atoms with Gasteiger partial charge in [0, 0.05) is 5.92 Å². The number of rotatable bonds is 5. The fraction of sp³-hybridized carbons (Fsp3) is 0.857. The molecule has 4 heteroatoms. The molecule has 0 radical (unpaired) electrons. The molecule has 0 aromatic rings. The van der Waals surface area contributed by atoms with Gasteiger partial charge in [0.25, 0.3) is 0 Å². The quantitative estimate of drug-likeness (QED) is 0.793. The first-order valence-corrected chi connectivity index (χ1v) is 6.95. The van der Waals surface area contributed by atoms with Gasteiger partial charge in [-0.1, -0.05) is 33.6 Å². The topological polar surface area (TPSA) is 66.4 Å². The van der Waals surface area contributed by atoms with Gasteiger partial charge in [0.15, 0.2) is 0 Å². The lowest BCUT2D eigenvalue weighted by molar-refractivity contribution is -0.143. The van der Waals surface area contributed by atoms with Crippen LogP contribution in [0.1, 0.15) is 52.9 Å². The van der Waals surface area contributed by atoms with Gasteiger partial charge in [0.1, 0.15) is 6.04 Å². The SMILES string of the molecule is CC(C)C[C@H](NC(=O)[C@H]1CCCC[C@H]1C)C(=O)O. The number of carbonyl (C=O) groups excluding carboxylic acids is 1. The van der Waals surface area contributed by atoms with Crippen molar-refractivity contribution in [3.63, 3.8) is 0 Å². The summed E-state index contributed by atoms with van der Waals surface area (Å²) in [5.74, 6) is -0.383. The largest absolute Gasteiger partial charge is 0.480 e. The van der Waals surface area contributed by atoms with E-state index in [0.29, 0.717) is 12.3 Å². The summed E-state index contributed by atoms with van der Waals surface area (Å²) in [7, 11) is 0. The first-order chi connectivity index (χ1) is 8.41. The van der Waals surface area contributed by atoms with Gasteiger partial charge in [0.2, 0.25) is 5.91 Å². The molecule has 0 aromatic carbocycles. The van der Waals surface area contributed by atoms with Gasteiger partial charge < -0.3 is 10.4 Å². The molecule has 1 aliphatic carbocycles. The second kappa shape index (κ2) is 6.76. The highest BCUT2D eigenvalue weighted by Gasteiger charge is 2.30. The summed E-state index contributed by atoms with van der Waals surface area (Å²) in [6, 6.07) is -0.744. The van der Waals surface area contributed by atoms with Crippen LogP contribution in [0.3, 0.4) is 0 Å². The summed E-state index contributed by atoms with van der Waals surface area (Å²) in [6.45, 7) is 6.01. The van der Waals surface area contributed by atoms with Crippen LogP contribution >= 0.6 is 0 Å². The van der Waals surface area contributed by atoms with Crippen molar-refractivity contribution in [2.75, 3.05) is 0 Å². The maximum atomic E-state index is 12.1. The molecule has 0 heterocycles. The van der Waals surface area contributed by atoms with Crippen LogP contribution in [0.2, 0.25) is 0 Å². The fourth-order valence-corrected chi connectivity index (χ4v) is 2.68. The van der Waals surface area contributed by atoms with E-state index in [4.69, 9.17) is 5.11 Å². The summed E-state index contributed by atoms with van der Waals surface area (Å²) >= 11 is 0. The fourth-order valence-electron chi connectivity index (χ4n) is 2.68. The monoisotopic (exact) mass is 255 g/mol. The van der Waals surface area contributed by atoms with Gasteiger partial charge in [-0.2, -0.15) is 0 Å². The molecule has 1 fully saturated rings. The van der Waals surface area contributed by atoms with Gasteiger partial charge in [-0.05, 0) is 31.1 Å². The van der Waals surface area contributed by atoms with Gasteiger partial charge in [-0.3, -0.25) is 4.79 Å². The maximum Gasteiger partial charge on any atom is 0.326 e. The third-order valence-electron chi connectivity index (χ3n) is 3.77. The zero-order valence-electron chi connectivity index (χ0n) is 11.6. The molecule has 104 valence electrons. The lowest BCUT2D eigenvalue weighted by Crippen LogP contribution is -2.46. The minimum atomic E-state index is -0.930. The molecule has 0 spiro atoms. The van der Waals surface area contributed by atoms with Crippen molar-refractivity contribution in [2.45, 2.75) is 58.9 Å². The molecule has 0 aliphatic heterocycles. The second-order valence-corrected chi connectivity index (χ2v) is 5.90. The molecule has 18 heavy (non-hydrogen) atoms. The lowest BCUT2D eigenvalue weighted by Gasteiger charge is -2.29. The molecular weight excluding hydrogens is 230 g/mol. The van der Waals surface area contributed by atoms with Gasteiger partial charge in [0.05, 0.1) is 0 Å². The number of carboxylic acid groups (broad SMARTS) is 1. The zero-order chi connectivity index (χ0) is 13.7. The molecule has 3 atom stereocenters. The first-order valence-electron chi connectivity index (χ1n) is 6.95. The van der Waals surface area contributed by atoms with E-state index < -0.39 is 12.0 Å². The average Bonchev–Trinajstić information content (AvgIpc) is 2.27. The minimum Gasteiger partial charge on any atom is -0.480 e. The third kappa shape index (κ3) is 4.31.